The molecule has 0 aliphatic carbocycles. The smallest absolute Gasteiger partial charge is 0.429 e. The molecule has 6 heteroatoms. The van der Waals surface area contributed by atoms with Crippen LogP contribution < -0.4 is 0 Å². The van der Waals surface area contributed by atoms with Crippen molar-refractivity contribution in [2.45, 2.75) is 26.6 Å². The second-order valence-electron chi connectivity index (χ2n) is 4.16. The maximum absolute atomic E-state index is 12.9. The van der Waals surface area contributed by atoms with Gasteiger partial charge in [-0.2, -0.15) is 13.2 Å². The average molecular weight is 287 g/mol. The minimum atomic E-state index is -4.65. The lowest BCUT2D eigenvalue weighted by atomic mass is 10.1. The number of carbonyl (C=O) groups excluding carboxylic acids is 1. The lowest BCUT2D eigenvalue weighted by molar-refractivity contribution is -0.146. The highest BCUT2D eigenvalue weighted by atomic mass is 19.4. The van der Waals surface area contributed by atoms with Gasteiger partial charge in [0, 0.05) is 0 Å². The monoisotopic (exact) mass is 287 g/mol. The number of nitrogens with zero attached hydrogens (tertiary/aromatic N) is 1. The van der Waals surface area contributed by atoms with E-state index in [1.807, 2.05) is 0 Å². The molecule has 1 unspecified atom stereocenters. The summed E-state index contributed by atoms with van der Waals surface area (Å²) in [5.74, 6) is -2.35. The third-order valence-electron chi connectivity index (χ3n) is 2.62. The molecule has 0 aromatic heterocycles. The van der Waals surface area contributed by atoms with Gasteiger partial charge in [0.05, 0.1) is 13.2 Å². The summed E-state index contributed by atoms with van der Waals surface area (Å²) in [4.78, 5) is 15.0. The third kappa shape index (κ3) is 4.68. The molecule has 0 fully saturated rings. The number of halogens is 3. The molecule has 1 rings (SSSR count). The Labute approximate surface area is 115 Å². The van der Waals surface area contributed by atoms with Crippen molar-refractivity contribution in [1.29, 1.82) is 0 Å². The standard InChI is InChI=1S/C14H16F3NO2/c1-3-20-13(19)10(2)12(14(15,16)17)18-9-11-7-5-4-6-8-11/h4-8,10H,3,9H2,1-2H3. The predicted octanol–water partition coefficient (Wildman–Crippen LogP) is 3.39. The predicted molar refractivity (Wildman–Crippen MR) is 69.4 cm³/mol. The van der Waals surface area contributed by atoms with Crippen LogP contribution in [0.4, 0.5) is 13.2 Å². The van der Waals surface area contributed by atoms with Crippen LogP contribution in [0.3, 0.4) is 0 Å². The van der Waals surface area contributed by atoms with E-state index in [0.717, 1.165) is 6.92 Å². The van der Waals surface area contributed by atoms with E-state index in [0.29, 0.717) is 5.56 Å². The van der Waals surface area contributed by atoms with Crippen molar-refractivity contribution >= 4 is 11.7 Å². The highest BCUT2D eigenvalue weighted by Gasteiger charge is 2.42. The molecule has 0 spiro atoms. The Kier molecular flexibility index (Phi) is 5.73. The Morgan fingerprint density at radius 3 is 2.40 bits per heavy atom. The van der Waals surface area contributed by atoms with Crippen LogP contribution in [-0.2, 0) is 16.1 Å². The van der Waals surface area contributed by atoms with E-state index in [9.17, 15) is 18.0 Å². The van der Waals surface area contributed by atoms with Crippen LogP contribution >= 0.6 is 0 Å². The fourth-order valence-electron chi connectivity index (χ4n) is 1.61. The number of aliphatic imine (C=N–C) groups is 1. The number of esters is 1. The summed E-state index contributed by atoms with van der Waals surface area (Å²) in [5.41, 5.74) is -0.467. The Morgan fingerprint density at radius 1 is 1.30 bits per heavy atom. The van der Waals surface area contributed by atoms with Gasteiger partial charge in [-0.3, -0.25) is 9.79 Å². The topological polar surface area (TPSA) is 38.7 Å². The van der Waals surface area contributed by atoms with Crippen molar-refractivity contribution in [3.63, 3.8) is 0 Å². The molecular formula is C14H16F3NO2. The number of carbonyl (C=O) groups is 1. The Bertz CT molecular complexity index is 469. The van der Waals surface area contributed by atoms with Crippen LogP contribution in [0.25, 0.3) is 0 Å². The number of hydrogen-bond donors (Lipinski definition) is 0. The van der Waals surface area contributed by atoms with Gasteiger partial charge in [0.15, 0.2) is 0 Å². The quantitative estimate of drug-likeness (QED) is 0.615. The van der Waals surface area contributed by atoms with Crippen molar-refractivity contribution in [1.82, 2.24) is 0 Å². The van der Waals surface area contributed by atoms with Gasteiger partial charge in [0.2, 0.25) is 0 Å². The van der Waals surface area contributed by atoms with Crippen molar-refractivity contribution in [3.8, 4) is 0 Å². The van der Waals surface area contributed by atoms with Crippen LogP contribution in [0.2, 0.25) is 0 Å². The molecule has 1 aromatic rings. The molecule has 0 bridgehead atoms. The summed E-state index contributed by atoms with van der Waals surface area (Å²) in [5, 5.41) is 0. The third-order valence-corrected chi connectivity index (χ3v) is 2.62. The van der Waals surface area contributed by atoms with Crippen molar-refractivity contribution < 1.29 is 22.7 Å². The van der Waals surface area contributed by atoms with E-state index in [-0.39, 0.29) is 13.2 Å². The summed E-state index contributed by atoms with van der Waals surface area (Å²) < 4.78 is 43.4. The molecule has 0 heterocycles. The zero-order chi connectivity index (χ0) is 15.2. The molecule has 1 aromatic carbocycles. The van der Waals surface area contributed by atoms with E-state index in [2.05, 4.69) is 9.73 Å². The minimum absolute atomic E-state index is 0.0347. The largest absolute Gasteiger partial charge is 0.465 e. The van der Waals surface area contributed by atoms with Crippen LogP contribution in [0.15, 0.2) is 35.3 Å². The van der Waals surface area contributed by atoms with E-state index < -0.39 is 23.8 Å². The highest BCUT2D eigenvalue weighted by molar-refractivity contribution is 6.04. The first kappa shape index (κ1) is 16.2. The molecule has 0 aliphatic rings. The molecule has 0 aliphatic heterocycles. The number of rotatable bonds is 5. The summed E-state index contributed by atoms with van der Waals surface area (Å²) >= 11 is 0. The molecule has 0 saturated heterocycles. The maximum Gasteiger partial charge on any atom is 0.429 e. The fraction of sp³-hybridized carbons (Fsp3) is 0.429. The summed E-state index contributed by atoms with van der Waals surface area (Å²) in [7, 11) is 0. The lowest BCUT2D eigenvalue weighted by Gasteiger charge is -2.16. The van der Waals surface area contributed by atoms with Crippen LogP contribution in [-0.4, -0.2) is 24.5 Å². The van der Waals surface area contributed by atoms with E-state index in [1.165, 1.54) is 0 Å². The zero-order valence-corrected chi connectivity index (χ0v) is 11.3. The van der Waals surface area contributed by atoms with E-state index in [1.54, 1.807) is 37.3 Å². The fourth-order valence-corrected chi connectivity index (χ4v) is 1.61. The molecule has 0 amide bonds. The Balaban J connectivity index is 2.92. The second-order valence-corrected chi connectivity index (χ2v) is 4.16. The molecule has 1 atom stereocenters. The Hall–Kier alpha value is -1.85. The van der Waals surface area contributed by atoms with Crippen molar-refractivity contribution in [2.75, 3.05) is 6.61 Å². The first-order chi connectivity index (χ1) is 9.36. The highest BCUT2D eigenvalue weighted by Crippen LogP contribution is 2.24. The summed E-state index contributed by atoms with van der Waals surface area (Å²) in [6.45, 7) is 2.60. The van der Waals surface area contributed by atoms with E-state index >= 15 is 0 Å². The van der Waals surface area contributed by atoms with Gasteiger partial charge < -0.3 is 4.74 Å². The molecule has 20 heavy (non-hydrogen) atoms. The average Bonchev–Trinajstić information content (AvgIpc) is 2.38. The van der Waals surface area contributed by atoms with Crippen LogP contribution in [0.5, 0.6) is 0 Å². The van der Waals surface area contributed by atoms with Gasteiger partial charge in [0.1, 0.15) is 11.6 Å². The summed E-state index contributed by atoms with van der Waals surface area (Å²) in [6.07, 6.45) is -4.65. The van der Waals surface area contributed by atoms with Gasteiger partial charge in [-0.25, -0.2) is 0 Å². The van der Waals surface area contributed by atoms with Gasteiger partial charge >= 0.3 is 12.1 Å². The van der Waals surface area contributed by atoms with Crippen LogP contribution in [0.1, 0.15) is 19.4 Å². The second kappa shape index (κ2) is 7.07. The van der Waals surface area contributed by atoms with Crippen molar-refractivity contribution in [2.24, 2.45) is 10.9 Å². The lowest BCUT2D eigenvalue weighted by Crippen LogP contribution is -2.35. The van der Waals surface area contributed by atoms with Crippen molar-refractivity contribution in [3.05, 3.63) is 35.9 Å². The molecule has 0 N–H and O–H groups in total. The molecule has 0 radical (unpaired) electrons. The molecule has 3 nitrogen and oxygen atoms in total. The number of ether oxygens (including phenoxy) is 1. The SMILES string of the molecule is CCOC(=O)C(C)C(=NCc1ccccc1)C(F)(F)F. The number of hydrogen-bond acceptors (Lipinski definition) is 3. The number of alkyl halides is 3. The first-order valence-electron chi connectivity index (χ1n) is 6.18. The minimum Gasteiger partial charge on any atom is -0.465 e. The van der Waals surface area contributed by atoms with Gasteiger partial charge in [-0.1, -0.05) is 30.3 Å². The van der Waals surface area contributed by atoms with Gasteiger partial charge in [0.25, 0.3) is 0 Å². The van der Waals surface area contributed by atoms with Crippen LogP contribution in [0, 0.1) is 5.92 Å². The molecule has 110 valence electrons. The first-order valence-corrected chi connectivity index (χ1v) is 6.18. The zero-order valence-electron chi connectivity index (χ0n) is 11.3. The molecular weight excluding hydrogens is 271 g/mol. The summed E-state index contributed by atoms with van der Waals surface area (Å²) in [6, 6.07) is 8.54. The Morgan fingerprint density at radius 2 is 1.90 bits per heavy atom. The normalized spacial score (nSPS) is 13.9. The van der Waals surface area contributed by atoms with E-state index in [4.69, 9.17) is 0 Å². The maximum atomic E-state index is 12.9. The van der Waals surface area contributed by atoms with Gasteiger partial charge in [-0.05, 0) is 19.4 Å². The number of benzene rings is 1. The van der Waals surface area contributed by atoms with Gasteiger partial charge in [-0.15, -0.1) is 0 Å². The molecule has 0 saturated carbocycles.